The summed E-state index contributed by atoms with van der Waals surface area (Å²) in [6, 6.07) is 12.1. The van der Waals surface area contributed by atoms with E-state index in [1.165, 1.54) is 42.0 Å². The molecule has 8 nitrogen and oxygen atoms in total. The summed E-state index contributed by atoms with van der Waals surface area (Å²) >= 11 is 0. The summed E-state index contributed by atoms with van der Waals surface area (Å²) in [4.78, 5) is 15.5. The number of hydrogen-bond donors (Lipinski definition) is 1. The number of amides is 1. The molecule has 2 aromatic carbocycles. The van der Waals surface area contributed by atoms with Crippen molar-refractivity contribution >= 4 is 21.6 Å². The number of anilines is 1. The summed E-state index contributed by atoms with van der Waals surface area (Å²) in [6.07, 6.45) is 2.51. The number of methoxy groups -OCH3 is 1. The van der Waals surface area contributed by atoms with Crippen LogP contribution in [0.1, 0.15) is 35.7 Å². The minimum absolute atomic E-state index is 0.108. The van der Waals surface area contributed by atoms with Gasteiger partial charge in [0.05, 0.1) is 30.9 Å². The monoisotopic (exact) mass is 487 g/mol. The molecule has 0 radical (unpaired) electrons. The number of carbonyl (C=O) groups is 1. The van der Waals surface area contributed by atoms with Crippen LogP contribution in [0, 0.1) is 5.92 Å². The fourth-order valence-electron chi connectivity index (χ4n) is 4.53. The second-order valence-corrected chi connectivity index (χ2v) is 11.0. The van der Waals surface area contributed by atoms with Gasteiger partial charge in [0.2, 0.25) is 10.0 Å². The molecule has 2 heterocycles. The number of piperidine rings is 1. The number of nitrogens with one attached hydrogen (secondary N) is 1. The molecule has 0 spiro atoms. The molecule has 4 rings (SSSR count). The highest BCUT2D eigenvalue weighted by Gasteiger charge is 2.27. The van der Waals surface area contributed by atoms with Gasteiger partial charge in [0.25, 0.3) is 5.91 Å². The van der Waals surface area contributed by atoms with Gasteiger partial charge in [-0.05, 0) is 61.2 Å². The molecule has 0 unspecified atom stereocenters. The topological polar surface area (TPSA) is 88.2 Å². The number of likely N-dealkylation sites (tertiary alicyclic amines) is 1. The molecular formula is C25H33N3O5S. The van der Waals surface area contributed by atoms with E-state index in [0.717, 1.165) is 25.6 Å². The number of ether oxygens (including phenoxy) is 2. The third kappa shape index (κ3) is 5.78. The van der Waals surface area contributed by atoms with E-state index >= 15 is 0 Å². The van der Waals surface area contributed by atoms with Crippen molar-refractivity contribution in [3.8, 4) is 5.75 Å². The molecule has 2 aliphatic rings. The molecule has 0 bridgehead atoms. The Hall–Kier alpha value is -2.46. The van der Waals surface area contributed by atoms with Gasteiger partial charge in [0.1, 0.15) is 5.75 Å². The van der Waals surface area contributed by atoms with Crippen LogP contribution in [0.2, 0.25) is 0 Å². The zero-order valence-corrected chi connectivity index (χ0v) is 20.6. The standard InChI is InChI=1S/C25H33N3O5S/c1-19-4-3-11-27(17-19)18-20-5-7-21(8-6-20)25(29)26-23-16-22(9-10-24(23)32-2)34(30,31)28-12-14-33-15-13-28/h5-10,16,19H,3-4,11-15,17-18H2,1-2H3,(H,26,29)/t19-/m1/s1. The maximum atomic E-state index is 13.0. The van der Waals surface area contributed by atoms with E-state index in [1.54, 1.807) is 18.2 Å². The molecule has 0 aromatic heterocycles. The molecule has 0 aliphatic carbocycles. The van der Waals surface area contributed by atoms with Crippen molar-refractivity contribution in [2.75, 3.05) is 51.8 Å². The Morgan fingerprint density at radius 2 is 1.85 bits per heavy atom. The van der Waals surface area contributed by atoms with Gasteiger partial charge in [-0.15, -0.1) is 0 Å². The molecule has 1 amide bonds. The van der Waals surface area contributed by atoms with Crippen molar-refractivity contribution < 1.29 is 22.7 Å². The number of benzene rings is 2. The largest absolute Gasteiger partial charge is 0.495 e. The summed E-state index contributed by atoms with van der Waals surface area (Å²) < 4.78 is 38.1. The van der Waals surface area contributed by atoms with Crippen LogP contribution < -0.4 is 10.1 Å². The van der Waals surface area contributed by atoms with E-state index in [1.807, 2.05) is 12.1 Å². The van der Waals surface area contributed by atoms with Crippen LogP contribution in [0.25, 0.3) is 0 Å². The fourth-order valence-corrected chi connectivity index (χ4v) is 5.96. The van der Waals surface area contributed by atoms with Crippen molar-refractivity contribution in [1.82, 2.24) is 9.21 Å². The predicted octanol–water partition coefficient (Wildman–Crippen LogP) is 3.20. The molecule has 184 valence electrons. The zero-order chi connectivity index (χ0) is 24.1. The highest BCUT2D eigenvalue weighted by molar-refractivity contribution is 7.89. The van der Waals surface area contributed by atoms with Crippen LogP contribution in [0.3, 0.4) is 0 Å². The lowest BCUT2D eigenvalue weighted by Crippen LogP contribution is -2.40. The molecule has 34 heavy (non-hydrogen) atoms. The smallest absolute Gasteiger partial charge is 0.255 e. The van der Waals surface area contributed by atoms with E-state index in [-0.39, 0.29) is 10.8 Å². The first kappa shape index (κ1) is 24.7. The second-order valence-electron chi connectivity index (χ2n) is 9.01. The molecule has 9 heteroatoms. The molecule has 0 saturated carbocycles. The van der Waals surface area contributed by atoms with Crippen LogP contribution in [-0.4, -0.2) is 70.0 Å². The maximum Gasteiger partial charge on any atom is 0.255 e. The highest BCUT2D eigenvalue weighted by Crippen LogP contribution is 2.30. The summed E-state index contributed by atoms with van der Waals surface area (Å²) in [6.45, 7) is 6.72. The van der Waals surface area contributed by atoms with Crippen molar-refractivity contribution in [3.05, 3.63) is 53.6 Å². The van der Waals surface area contributed by atoms with Gasteiger partial charge in [0.15, 0.2) is 0 Å². The quantitative estimate of drug-likeness (QED) is 0.645. The number of nitrogens with zero attached hydrogens (tertiary/aromatic N) is 2. The Bertz CT molecular complexity index is 1100. The average Bonchev–Trinajstić information content (AvgIpc) is 2.85. The van der Waals surface area contributed by atoms with Crippen molar-refractivity contribution in [3.63, 3.8) is 0 Å². The Morgan fingerprint density at radius 3 is 2.53 bits per heavy atom. The predicted molar refractivity (Wildman–Crippen MR) is 131 cm³/mol. The van der Waals surface area contributed by atoms with Crippen molar-refractivity contribution in [2.24, 2.45) is 5.92 Å². The zero-order valence-electron chi connectivity index (χ0n) is 19.8. The first-order valence-electron chi connectivity index (χ1n) is 11.8. The van der Waals surface area contributed by atoms with E-state index in [0.29, 0.717) is 43.3 Å². The Labute approximate surface area is 201 Å². The number of hydrogen-bond acceptors (Lipinski definition) is 6. The highest BCUT2D eigenvalue weighted by atomic mass is 32.2. The van der Waals surface area contributed by atoms with Gasteiger partial charge in [-0.1, -0.05) is 19.1 Å². The van der Waals surface area contributed by atoms with Gasteiger partial charge < -0.3 is 14.8 Å². The number of rotatable bonds is 7. The molecule has 2 fully saturated rings. The molecular weight excluding hydrogens is 454 g/mol. The van der Waals surface area contributed by atoms with Gasteiger partial charge in [-0.25, -0.2) is 8.42 Å². The second kappa shape index (κ2) is 10.9. The maximum absolute atomic E-state index is 13.0. The van der Waals surface area contributed by atoms with E-state index < -0.39 is 10.0 Å². The minimum Gasteiger partial charge on any atom is -0.495 e. The number of carbonyl (C=O) groups excluding carboxylic acids is 1. The minimum atomic E-state index is -3.69. The van der Waals surface area contributed by atoms with Crippen LogP contribution in [0.4, 0.5) is 5.69 Å². The third-order valence-corrected chi connectivity index (χ3v) is 8.29. The van der Waals surface area contributed by atoms with Crippen LogP contribution in [0.5, 0.6) is 5.75 Å². The van der Waals surface area contributed by atoms with Crippen LogP contribution in [0.15, 0.2) is 47.4 Å². The van der Waals surface area contributed by atoms with Gasteiger partial charge in [-0.2, -0.15) is 4.31 Å². The number of sulfonamides is 1. The van der Waals surface area contributed by atoms with E-state index in [9.17, 15) is 13.2 Å². The fraction of sp³-hybridized carbons (Fsp3) is 0.480. The molecule has 2 aromatic rings. The summed E-state index contributed by atoms with van der Waals surface area (Å²) in [5, 5.41) is 2.82. The summed E-state index contributed by atoms with van der Waals surface area (Å²) in [7, 11) is -2.21. The Balaban J connectivity index is 1.47. The third-order valence-electron chi connectivity index (χ3n) is 6.39. The van der Waals surface area contributed by atoms with Crippen molar-refractivity contribution in [1.29, 1.82) is 0 Å². The SMILES string of the molecule is COc1ccc(S(=O)(=O)N2CCOCC2)cc1NC(=O)c1ccc(CN2CCC[C@@H](C)C2)cc1. The van der Waals surface area contributed by atoms with E-state index in [4.69, 9.17) is 9.47 Å². The lowest BCUT2D eigenvalue weighted by molar-refractivity contribution is 0.0730. The lowest BCUT2D eigenvalue weighted by Gasteiger charge is -2.30. The van der Waals surface area contributed by atoms with E-state index in [2.05, 4.69) is 17.1 Å². The normalized spacial score (nSPS) is 20.1. The van der Waals surface area contributed by atoms with Crippen LogP contribution in [-0.2, 0) is 21.3 Å². The molecule has 2 aliphatic heterocycles. The molecule has 2 saturated heterocycles. The Morgan fingerprint density at radius 1 is 1.12 bits per heavy atom. The van der Waals surface area contributed by atoms with Crippen LogP contribution >= 0.6 is 0 Å². The summed E-state index contributed by atoms with van der Waals surface area (Å²) in [5.74, 6) is 0.791. The van der Waals surface area contributed by atoms with Gasteiger partial charge >= 0.3 is 0 Å². The Kier molecular flexibility index (Phi) is 7.88. The number of morpholine rings is 1. The first-order chi connectivity index (χ1) is 16.4. The average molecular weight is 488 g/mol. The molecule has 1 atom stereocenters. The van der Waals surface area contributed by atoms with Crippen molar-refractivity contribution in [2.45, 2.75) is 31.2 Å². The van der Waals surface area contributed by atoms with Gasteiger partial charge in [-0.3, -0.25) is 9.69 Å². The molecule has 1 N–H and O–H groups in total. The van der Waals surface area contributed by atoms with Gasteiger partial charge in [0, 0.05) is 31.7 Å². The summed E-state index contributed by atoms with van der Waals surface area (Å²) in [5.41, 5.74) is 1.98. The first-order valence-corrected chi connectivity index (χ1v) is 13.2. The lowest BCUT2D eigenvalue weighted by atomic mass is 9.99.